The monoisotopic (exact) mass is 278 g/mol. The number of nitrogens with one attached hydrogen (secondary N) is 1. The Morgan fingerprint density at radius 1 is 1.65 bits per heavy atom. The number of anilines is 1. The molecule has 0 radical (unpaired) electrons. The number of carboxylic acids is 1. The van der Waals surface area contributed by atoms with Crippen LogP contribution in [0.25, 0.3) is 0 Å². The van der Waals surface area contributed by atoms with Gasteiger partial charge in [-0.05, 0) is 12.0 Å². The highest BCUT2D eigenvalue weighted by molar-refractivity contribution is 5.72. The lowest BCUT2D eigenvalue weighted by molar-refractivity contribution is -0.384. The Morgan fingerprint density at radius 2 is 2.30 bits per heavy atom. The Hall–Kier alpha value is -2.69. The molecule has 0 amide bonds. The quantitative estimate of drug-likeness (QED) is 0.597. The normalized spacial score (nSPS) is 11.7. The Morgan fingerprint density at radius 3 is 2.75 bits per heavy atom. The number of carbonyl (C=O) groups is 1. The first kappa shape index (κ1) is 15.4. The van der Waals surface area contributed by atoms with Crippen molar-refractivity contribution in [3.63, 3.8) is 0 Å². The Bertz CT molecular complexity index is 565. The van der Waals surface area contributed by atoms with Gasteiger partial charge in [0.15, 0.2) is 0 Å². The summed E-state index contributed by atoms with van der Waals surface area (Å²) in [6, 6.07) is 2.95. The van der Waals surface area contributed by atoms with Gasteiger partial charge in [0.2, 0.25) is 5.82 Å². The molecular weight excluding hydrogens is 264 g/mol. The summed E-state index contributed by atoms with van der Waals surface area (Å²) in [5.41, 5.74) is -0.563. The molecule has 0 aromatic carbocycles. The van der Waals surface area contributed by atoms with E-state index in [1.165, 1.54) is 12.3 Å². The number of hydrogen-bond donors (Lipinski definition) is 2. The van der Waals surface area contributed by atoms with Crippen LogP contribution >= 0.6 is 0 Å². The highest BCUT2D eigenvalue weighted by Gasteiger charge is 2.25. The predicted molar refractivity (Wildman–Crippen MR) is 70.1 cm³/mol. The average Bonchev–Trinajstić information content (AvgIpc) is 2.37. The van der Waals surface area contributed by atoms with Gasteiger partial charge in [0, 0.05) is 12.7 Å². The zero-order valence-electron chi connectivity index (χ0n) is 11.0. The van der Waals surface area contributed by atoms with Gasteiger partial charge in [0.25, 0.3) is 0 Å². The zero-order chi connectivity index (χ0) is 15.3. The number of hydrogen-bond acceptors (Lipinski definition) is 6. The van der Waals surface area contributed by atoms with Crippen molar-refractivity contribution in [2.24, 2.45) is 11.8 Å². The summed E-state index contributed by atoms with van der Waals surface area (Å²) in [5, 5.41) is 31.5. The average molecular weight is 278 g/mol. The molecule has 0 fully saturated rings. The lowest BCUT2D eigenvalue weighted by Gasteiger charge is -2.17. The molecular formula is C12H14N4O4. The van der Waals surface area contributed by atoms with Crippen LogP contribution in [0.4, 0.5) is 11.5 Å². The zero-order valence-corrected chi connectivity index (χ0v) is 11.0. The van der Waals surface area contributed by atoms with E-state index in [2.05, 4.69) is 10.3 Å². The van der Waals surface area contributed by atoms with Crippen molar-refractivity contribution in [2.45, 2.75) is 13.8 Å². The maximum atomic E-state index is 11.1. The van der Waals surface area contributed by atoms with Crippen LogP contribution in [0.1, 0.15) is 19.4 Å². The fraction of sp³-hybridized carbons (Fsp3) is 0.417. The number of aliphatic carboxylic acids is 1. The van der Waals surface area contributed by atoms with E-state index >= 15 is 0 Å². The number of aromatic nitrogens is 1. The van der Waals surface area contributed by atoms with Gasteiger partial charge in [-0.2, -0.15) is 5.26 Å². The van der Waals surface area contributed by atoms with Crippen LogP contribution in [-0.4, -0.2) is 27.5 Å². The minimum Gasteiger partial charge on any atom is -0.481 e. The van der Waals surface area contributed by atoms with Crippen molar-refractivity contribution >= 4 is 17.5 Å². The maximum absolute atomic E-state index is 11.1. The largest absolute Gasteiger partial charge is 0.481 e. The van der Waals surface area contributed by atoms with E-state index in [9.17, 15) is 14.9 Å². The summed E-state index contributed by atoms with van der Waals surface area (Å²) in [7, 11) is 0. The second kappa shape index (κ2) is 6.47. The molecule has 20 heavy (non-hydrogen) atoms. The van der Waals surface area contributed by atoms with Crippen molar-refractivity contribution in [3.05, 3.63) is 27.9 Å². The summed E-state index contributed by atoms with van der Waals surface area (Å²) >= 11 is 0. The molecule has 106 valence electrons. The second-order valence-electron chi connectivity index (χ2n) is 4.49. The molecule has 1 atom stereocenters. The number of carboxylic acid groups (broad SMARTS) is 1. The van der Waals surface area contributed by atoms with Gasteiger partial charge in [0.05, 0.1) is 10.8 Å². The third-order valence-corrected chi connectivity index (χ3v) is 2.84. The molecule has 0 saturated heterocycles. The van der Waals surface area contributed by atoms with Gasteiger partial charge in [-0.15, -0.1) is 0 Å². The van der Waals surface area contributed by atoms with E-state index < -0.39 is 22.5 Å². The highest BCUT2D eigenvalue weighted by atomic mass is 16.6. The number of nitro groups is 1. The molecule has 8 nitrogen and oxygen atoms in total. The molecule has 0 aliphatic carbocycles. The van der Waals surface area contributed by atoms with E-state index in [4.69, 9.17) is 10.4 Å². The third kappa shape index (κ3) is 3.41. The van der Waals surface area contributed by atoms with Crippen LogP contribution in [-0.2, 0) is 4.79 Å². The minimum absolute atomic E-state index is 0.00424. The van der Waals surface area contributed by atoms with Gasteiger partial charge in [-0.25, -0.2) is 4.98 Å². The van der Waals surface area contributed by atoms with Gasteiger partial charge < -0.3 is 10.4 Å². The van der Waals surface area contributed by atoms with Crippen LogP contribution in [0, 0.1) is 33.3 Å². The smallest absolute Gasteiger partial charge is 0.328 e. The van der Waals surface area contributed by atoms with E-state index in [1.54, 1.807) is 19.9 Å². The molecule has 1 aromatic heterocycles. The van der Waals surface area contributed by atoms with Gasteiger partial charge in [-0.3, -0.25) is 14.9 Å². The van der Waals surface area contributed by atoms with Crippen molar-refractivity contribution < 1.29 is 14.8 Å². The van der Waals surface area contributed by atoms with Crippen molar-refractivity contribution in [1.29, 1.82) is 5.26 Å². The molecule has 0 bridgehead atoms. The van der Waals surface area contributed by atoms with Gasteiger partial charge in [-0.1, -0.05) is 13.8 Å². The Balaban J connectivity index is 3.02. The number of rotatable bonds is 6. The molecule has 0 spiro atoms. The molecule has 1 unspecified atom stereocenters. The summed E-state index contributed by atoms with van der Waals surface area (Å²) in [6.07, 6.45) is 1.26. The van der Waals surface area contributed by atoms with E-state index in [1.807, 2.05) is 0 Å². The number of pyridine rings is 1. The maximum Gasteiger partial charge on any atom is 0.328 e. The molecule has 1 rings (SSSR count). The first-order valence-electron chi connectivity index (χ1n) is 5.88. The van der Waals surface area contributed by atoms with Gasteiger partial charge in [0.1, 0.15) is 11.6 Å². The lowest BCUT2D eigenvalue weighted by Crippen LogP contribution is -2.28. The Kier molecular flexibility index (Phi) is 4.97. The molecule has 0 aliphatic heterocycles. The fourth-order valence-electron chi connectivity index (χ4n) is 1.67. The number of nitriles is 1. The predicted octanol–water partition coefficient (Wildman–Crippen LogP) is 1.63. The second-order valence-corrected chi connectivity index (χ2v) is 4.49. The van der Waals surface area contributed by atoms with Crippen LogP contribution in [0.5, 0.6) is 0 Å². The minimum atomic E-state index is -0.994. The summed E-state index contributed by atoms with van der Waals surface area (Å²) in [5.74, 6) is -1.94. The fourth-order valence-corrected chi connectivity index (χ4v) is 1.67. The molecule has 0 aliphatic rings. The van der Waals surface area contributed by atoms with E-state index in [0.29, 0.717) is 0 Å². The van der Waals surface area contributed by atoms with Crippen LogP contribution < -0.4 is 5.32 Å². The summed E-state index contributed by atoms with van der Waals surface area (Å²) in [6.45, 7) is 3.48. The molecule has 2 N–H and O–H groups in total. The Labute approximate surface area is 115 Å². The third-order valence-electron chi connectivity index (χ3n) is 2.84. The lowest BCUT2D eigenvalue weighted by atomic mass is 9.96. The van der Waals surface area contributed by atoms with E-state index in [0.717, 1.165) is 0 Å². The topological polar surface area (TPSA) is 129 Å². The van der Waals surface area contributed by atoms with Crippen LogP contribution in [0.3, 0.4) is 0 Å². The summed E-state index contributed by atoms with van der Waals surface area (Å²) in [4.78, 5) is 25.1. The van der Waals surface area contributed by atoms with Crippen LogP contribution in [0.2, 0.25) is 0 Å². The van der Waals surface area contributed by atoms with Crippen molar-refractivity contribution in [3.8, 4) is 6.07 Å². The molecule has 8 heteroatoms. The molecule has 0 saturated carbocycles. The van der Waals surface area contributed by atoms with Crippen LogP contribution in [0.15, 0.2) is 12.3 Å². The first-order valence-corrected chi connectivity index (χ1v) is 5.88. The number of nitrogens with zero attached hydrogens (tertiary/aromatic N) is 3. The van der Waals surface area contributed by atoms with Crippen molar-refractivity contribution in [2.75, 3.05) is 11.9 Å². The standard InChI is InChI=1S/C12H14N4O4/c1-7(2)9(12(17)18)6-15-11-10(16(19)20)8(5-13)3-4-14-11/h3-4,7,9H,6H2,1-2H3,(H,14,15)(H,17,18). The van der Waals surface area contributed by atoms with Gasteiger partial charge >= 0.3 is 11.7 Å². The molecule has 1 aromatic rings. The SMILES string of the molecule is CC(C)C(CNc1nccc(C#N)c1[N+](=O)[O-])C(=O)O. The first-order chi connectivity index (χ1) is 9.38. The van der Waals surface area contributed by atoms with Crippen molar-refractivity contribution in [1.82, 2.24) is 4.98 Å². The molecule has 1 heterocycles. The highest BCUT2D eigenvalue weighted by Crippen LogP contribution is 2.26. The van der Waals surface area contributed by atoms with E-state index in [-0.39, 0.29) is 23.8 Å². The summed E-state index contributed by atoms with van der Waals surface area (Å²) < 4.78 is 0.